The molecule has 0 aromatic heterocycles. The van der Waals surface area contributed by atoms with Gasteiger partial charge in [0.05, 0.1) is 41.2 Å². The highest BCUT2D eigenvalue weighted by Gasteiger charge is 2.30. The number of quaternary nitrogens is 1. The highest BCUT2D eigenvalue weighted by atomic mass is 16.5. The summed E-state index contributed by atoms with van der Waals surface area (Å²) in [4.78, 5) is 13.8. The van der Waals surface area contributed by atoms with Crippen molar-refractivity contribution in [3.63, 3.8) is 0 Å². The molecule has 194 valence electrons. The second-order valence-electron chi connectivity index (χ2n) is 8.96. The number of hydrazone groups is 1. The Hall–Kier alpha value is -4.04. The fourth-order valence-corrected chi connectivity index (χ4v) is 4.76. The fourth-order valence-electron chi connectivity index (χ4n) is 4.76. The smallest absolute Gasteiger partial charge is 0.271 e. The number of carbonyl (C=O) groups is 1. The first-order chi connectivity index (χ1) is 18.0. The normalized spacial score (nSPS) is 16.7. The van der Waals surface area contributed by atoms with E-state index in [1.807, 2.05) is 12.1 Å². The van der Waals surface area contributed by atoms with Crippen LogP contribution in [0.3, 0.4) is 0 Å². The van der Waals surface area contributed by atoms with Crippen LogP contribution in [0.15, 0.2) is 59.7 Å². The first kappa shape index (κ1) is 26.0. The fraction of sp³-hybridized carbons (Fsp3) is 0.310. The number of hydrogen-bond acceptors (Lipinski definition) is 6. The van der Waals surface area contributed by atoms with Gasteiger partial charge >= 0.3 is 0 Å². The average Bonchev–Trinajstić information content (AvgIpc) is 2.94. The Morgan fingerprint density at radius 2 is 1.65 bits per heavy atom. The lowest BCUT2D eigenvalue weighted by atomic mass is 9.92. The van der Waals surface area contributed by atoms with Gasteiger partial charge in [-0.1, -0.05) is 0 Å². The van der Waals surface area contributed by atoms with Crippen molar-refractivity contribution in [3.8, 4) is 23.0 Å². The Kier molecular flexibility index (Phi) is 8.30. The molecule has 0 spiro atoms. The second kappa shape index (κ2) is 11.8. The summed E-state index contributed by atoms with van der Waals surface area (Å²) in [6.45, 7) is 4.02. The van der Waals surface area contributed by atoms with E-state index < -0.39 is 0 Å². The Labute approximate surface area is 217 Å². The van der Waals surface area contributed by atoms with Gasteiger partial charge in [0.1, 0.15) is 24.1 Å². The number of fused-ring (bicyclic) bond motifs is 1. The van der Waals surface area contributed by atoms with Gasteiger partial charge in [-0.2, -0.15) is 5.10 Å². The first-order valence-corrected chi connectivity index (χ1v) is 12.2. The summed E-state index contributed by atoms with van der Waals surface area (Å²) in [5, 5.41) is 4.15. The first-order valence-electron chi connectivity index (χ1n) is 12.2. The minimum Gasteiger partial charge on any atom is -0.497 e. The number of carbonyl (C=O) groups excluding carboxylic acids is 1. The number of amides is 1. The molecule has 2 atom stereocenters. The molecule has 37 heavy (non-hydrogen) atoms. The van der Waals surface area contributed by atoms with Crippen molar-refractivity contribution < 1.29 is 28.6 Å². The Morgan fingerprint density at radius 3 is 2.32 bits per heavy atom. The van der Waals surface area contributed by atoms with Gasteiger partial charge in [-0.05, 0) is 72.6 Å². The van der Waals surface area contributed by atoms with Crippen molar-refractivity contribution in [2.75, 3.05) is 35.0 Å². The zero-order valence-electron chi connectivity index (χ0n) is 22.0. The summed E-state index contributed by atoms with van der Waals surface area (Å²) in [7, 11) is 6.60. The monoisotopic (exact) mass is 504 g/mol. The molecule has 1 aliphatic rings. The van der Waals surface area contributed by atoms with Crippen molar-refractivity contribution in [1.29, 1.82) is 0 Å². The van der Waals surface area contributed by atoms with Crippen LogP contribution in [0.25, 0.3) is 0 Å². The summed E-state index contributed by atoms with van der Waals surface area (Å²) in [6, 6.07) is 17.3. The van der Waals surface area contributed by atoms with E-state index in [2.05, 4.69) is 35.7 Å². The lowest BCUT2D eigenvalue weighted by Crippen LogP contribution is -3.11. The van der Waals surface area contributed by atoms with E-state index in [-0.39, 0.29) is 11.9 Å². The molecule has 1 aliphatic heterocycles. The summed E-state index contributed by atoms with van der Waals surface area (Å²) in [5.41, 5.74) is 7.62. The standard InChI is InChI=1S/C29H33N3O5/c1-19-25-16-28(37-5)27(36-4)15-22(25)12-13-32(19)18-23-14-20(6-11-26(23)35-3)17-30-31-29(33)21-7-9-24(34-2)10-8-21/h6-11,14-17,19H,12-13,18H2,1-5H3,(H,31,33)/p+1. The number of hydrogen-bond donors (Lipinski definition) is 2. The van der Waals surface area contributed by atoms with Crippen LogP contribution in [0, 0.1) is 0 Å². The second-order valence-corrected chi connectivity index (χ2v) is 8.96. The molecule has 0 saturated heterocycles. The molecule has 1 heterocycles. The van der Waals surface area contributed by atoms with Gasteiger partial charge < -0.3 is 23.8 Å². The summed E-state index contributed by atoms with van der Waals surface area (Å²) in [6.07, 6.45) is 2.60. The molecule has 4 rings (SSSR count). The number of methoxy groups -OCH3 is 4. The van der Waals surface area contributed by atoms with Crippen molar-refractivity contribution >= 4 is 12.1 Å². The maximum Gasteiger partial charge on any atom is 0.271 e. The van der Waals surface area contributed by atoms with Gasteiger partial charge in [-0.15, -0.1) is 0 Å². The molecule has 0 saturated carbocycles. The molecular formula is C29H34N3O5+. The van der Waals surface area contributed by atoms with Crippen LogP contribution >= 0.6 is 0 Å². The van der Waals surface area contributed by atoms with Gasteiger partial charge in [0, 0.05) is 23.1 Å². The Bertz CT molecular complexity index is 1270. The molecule has 8 nitrogen and oxygen atoms in total. The predicted molar refractivity (Wildman–Crippen MR) is 142 cm³/mol. The molecule has 3 aromatic carbocycles. The molecule has 1 amide bonds. The van der Waals surface area contributed by atoms with Gasteiger partial charge in [-0.25, -0.2) is 5.43 Å². The van der Waals surface area contributed by atoms with Crippen LogP contribution in [-0.4, -0.2) is 47.1 Å². The topological polar surface area (TPSA) is 82.8 Å². The highest BCUT2D eigenvalue weighted by molar-refractivity contribution is 5.95. The number of nitrogens with zero attached hydrogens (tertiary/aromatic N) is 1. The van der Waals surface area contributed by atoms with Gasteiger partial charge in [0.15, 0.2) is 11.5 Å². The zero-order valence-corrected chi connectivity index (χ0v) is 22.0. The summed E-state index contributed by atoms with van der Waals surface area (Å²) >= 11 is 0. The SMILES string of the molecule is COc1ccc(C(=O)NN=Cc2ccc(OC)c(C[NH+]3CCc4cc(OC)c(OC)cc4C3C)c2)cc1. The molecule has 0 bridgehead atoms. The largest absolute Gasteiger partial charge is 0.497 e. The third kappa shape index (κ3) is 5.86. The average molecular weight is 505 g/mol. The molecule has 0 radical (unpaired) electrons. The molecule has 2 N–H and O–H groups in total. The van der Waals surface area contributed by atoms with Crippen molar-refractivity contribution in [2.45, 2.75) is 25.9 Å². The van der Waals surface area contributed by atoms with Crippen molar-refractivity contribution in [3.05, 3.63) is 82.4 Å². The zero-order chi connectivity index (χ0) is 26.4. The summed E-state index contributed by atoms with van der Waals surface area (Å²) in [5.74, 6) is 2.76. The van der Waals surface area contributed by atoms with E-state index in [4.69, 9.17) is 18.9 Å². The van der Waals surface area contributed by atoms with E-state index in [1.54, 1.807) is 58.9 Å². The lowest BCUT2D eigenvalue weighted by molar-refractivity contribution is -0.945. The van der Waals surface area contributed by atoms with Crippen LogP contribution in [0.4, 0.5) is 0 Å². The third-order valence-electron chi connectivity index (χ3n) is 6.89. The minimum atomic E-state index is -0.287. The number of nitrogens with one attached hydrogen (secondary N) is 2. The van der Waals surface area contributed by atoms with Crippen molar-refractivity contribution in [2.24, 2.45) is 5.10 Å². The van der Waals surface area contributed by atoms with Crippen LogP contribution in [0.2, 0.25) is 0 Å². The molecule has 2 unspecified atom stereocenters. The maximum atomic E-state index is 12.4. The predicted octanol–water partition coefficient (Wildman–Crippen LogP) is 3.19. The van der Waals surface area contributed by atoms with E-state index in [1.165, 1.54) is 16.0 Å². The number of benzene rings is 3. The van der Waals surface area contributed by atoms with Crippen LogP contribution < -0.4 is 29.3 Å². The van der Waals surface area contributed by atoms with Crippen LogP contribution in [0.1, 0.15) is 45.6 Å². The van der Waals surface area contributed by atoms with Gasteiger partial charge in [0.2, 0.25) is 0 Å². The molecule has 8 heteroatoms. The van der Waals surface area contributed by atoms with Gasteiger partial charge in [-0.3, -0.25) is 4.79 Å². The van der Waals surface area contributed by atoms with E-state index >= 15 is 0 Å². The van der Waals surface area contributed by atoms with E-state index in [0.29, 0.717) is 11.3 Å². The Balaban J connectivity index is 1.47. The van der Waals surface area contributed by atoms with Gasteiger partial charge in [0.25, 0.3) is 5.91 Å². The number of ether oxygens (including phenoxy) is 4. The number of rotatable bonds is 9. The quantitative estimate of drug-likeness (QED) is 0.346. The molecule has 0 aliphatic carbocycles. The third-order valence-corrected chi connectivity index (χ3v) is 6.89. The van der Waals surface area contributed by atoms with Crippen LogP contribution in [-0.2, 0) is 13.0 Å². The van der Waals surface area contributed by atoms with E-state index in [0.717, 1.165) is 47.9 Å². The van der Waals surface area contributed by atoms with Crippen molar-refractivity contribution in [1.82, 2.24) is 5.43 Å². The lowest BCUT2D eigenvalue weighted by Gasteiger charge is -2.33. The van der Waals surface area contributed by atoms with E-state index in [9.17, 15) is 4.79 Å². The summed E-state index contributed by atoms with van der Waals surface area (Å²) < 4.78 is 21.8. The molecular weight excluding hydrogens is 470 g/mol. The molecule has 0 fully saturated rings. The maximum absolute atomic E-state index is 12.4. The highest BCUT2D eigenvalue weighted by Crippen LogP contribution is 2.34. The van der Waals surface area contributed by atoms with Crippen LogP contribution in [0.5, 0.6) is 23.0 Å². The minimum absolute atomic E-state index is 0.273. The molecule has 3 aromatic rings. The Morgan fingerprint density at radius 1 is 0.946 bits per heavy atom.